The van der Waals surface area contributed by atoms with Crippen LogP contribution in [0.1, 0.15) is 66.1 Å². The predicted molar refractivity (Wildman–Crippen MR) is 211 cm³/mol. The van der Waals surface area contributed by atoms with Gasteiger partial charge in [-0.3, -0.25) is 9.48 Å². The molecular formula is C39H31ClF10N7O5S2-. The Balaban J connectivity index is 1.45. The van der Waals surface area contributed by atoms with E-state index in [9.17, 15) is 56.8 Å². The highest BCUT2D eigenvalue weighted by atomic mass is 35.5. The van der Waals surface area contributed by atoms with Crippen molar-refractivity contribution < 1.29 is 65.5 Å². The van der Waals surface area contributed by atoms with Gasteiger partial charge in [-0.15, -0.1) is 0 Å². The van der Waals surface area contributed by atoms with Gasteiger partial charge in [-0.2, -0.15) is 40.2 Å². The quantitative estimate of drug-likeness (QED) is 0.102. The molecule has 342 valence electrons. The van der Waals surface area contributed by atoms with E-state index in [2.05, 4.69) is 37.1 Å². The molecule has 3 heterocycles. The van der Waals surface area contributed by atoms with Crippen molar-refractivity contribution in [3.63, 3.8) is 0 Å². The van der Waals surface area contributed by atoms with Crippen molar-refractivity contribution >= 4 is 54.1 Å². The summed E-state index contributed by atoms with van der Waals surface area (Å²) in [6, 6.07) is 5.17. The van der Waals surface area contributed by atoms with Crippen molar-refractivity contribution in [1.29, 1.82) is 0 Å². The number of alkyl halides is 8. The summed E-state index contributed by atoms with van der Waals surface area (Å²) >= 11 is 6.44. The molecule has 0 aliphatic heterocycles. The van der Waals surface area contributed by atoms with E-state index in [4.69, 9.17) is 11.6 Å². The Labute approximate surface area is 362 Å². The largest absolute Gasteiger partial charge is 0.435 e. The Morgan fingerprint density at radius 3 is 2.20 bits per heavy atom. The van der Waals surface area contributed by atoms with Gasteiger partial charge >= 0.3 is 12.4 Å². The van der Waals surface area contributed by atoms with Gasteiger partial charge in [0.2, 0.25) is 5.91 Å². The molecule has 1 amide bonds. The molecule has 0 unspecified atom stereocenters. The van der Waals surface area contributed by atoms with Crippen LogP contribution in [-0.4, -0.2) is 70.7 Å². The second-order valence-electron chi connectivity index (χ2n) is 15.8. The average Bonchev–Trinajstić information content (AvgIpc) is 3.66. The van der Waals surface area contributed by atoms with Gasteiger partial charge in [0.1, 0.15) is 40.9 Å². The first-order valence-electron chi connectivity index (χ1n) is 18.6. The van der Waals surface area contributed by atoms with Crippen molar-refractivity contribution in [2.24, 2.45) is 5.92 Å². The smallest absolute Gasteiger partial charge is 0.373 e. The van der Waals surface area contributed by atoms with E-state index in [1.807, 2.05) is 0 Å². The number of aromatic nitrogens is 5. The molecule has 25 heteroatoms. The molecule has 1 N–H and O–H groups in total. The second-order valence-corrected chi connectivity index (χ2v) is 20.5. The molecule has 0 bridgehead atoms. The van der Waals surface area contributed by atoms with E-state index in [-0.39, 0.29) is 44.2 Å². The lowest BCUT2D eigenvalue weighted by Crippen LogP contribution is -2.35. The molecule has 2 aliphatic rings. The molecule has 12 nitrogen and oxygen atoms in total. The second kappa shape index (κ2) is 15.6. The lowest BCUT2D eigenvalue weighted by molar-refractivity contribution is -0.142. The Morgan fingerprint density at radius 1 is 0.969 bits per heavy atom. The number of carbonyl (C=O) groups is 1. The first-order valence-corrected chi connectivity index (χ1v) is 22.7. The summed E-state index contributed by atoms with van der Waals surface area (Å²) in [6.07, 6.45) is -9.54. The molecule has 3 aromatic heterocycles. The summed E-state index contributed by atoms with van der Waals surface area (Å²) in [6.45, 7) is -0.577. The summed E-state index contributed by atoms with van der Waals surface area (Å²) in [5.41, 5.74) is -5.26. The van der Waals surface area contributed by atoms with Crippen LogP contribution in [0, 0.1) is 29.4 Å². The maximum atomic E-state index is 15.5. The van der Waals surface area contributed by atoms with Crippen LogP contribution < -0.4 is 5.32 Å². The number of rotatable bonds is 11. The van der Waals surface area contributed by atoms with Crippen molar-refractivity contribution in [1.82, 2.24) is 29.9 Å². The minimum atomic E-state index is -5.19. The molecule has 7 rings (SSSR count). The predicted octanol–water partition coefficient (Wildman–Crippen LogP) is 8.26. The first-order chi connectivity index (χ1) is 29.3. The van der Waals surface area contributed by atoms with Gasteiger partial charge in [0.25, 0.3) is 5.92 Å². The zero-order valence-electron chi connectivity index (χ0n) is 33.3. The summed E-state index contributed by atoms with van der Waals surface area (Å²) in [5, 5.41) is 8.86. The maximum Gasteiger partial charge on any atom is 0.435 e. The van der Waals surface area contributed by atoms with E-state index in [0.717, 1.165) is 24.5 Å². The van der Waals surface area contributed by atoms with Crippen LogP contribution in [0.15, 0.2) is 42.5 Å². The Morgan fingerprint density at radius 2 is 1.61 bits per heavy atom. The number of pyridine rings is 1. The third-order valence-electron chi connectivity index (χ3n) is 10.6. The summed E-state index contributed by atoms with van der Waals surface area (Å²) in [5.74, 6) is -5.58. The lowest BCUT2D eigenvalue weighted by atomic mass is 9.93. The lowest BCUT2D eigenvalue weighted by Gasteiger charge is -2.24. The zero-order chi connectivity index (χ0) is 47.3. The standard InChI is InChI=1S/C39H32ClF10N7O5S2/c1-36(2,63(3,59)60)10-9-21-5-6-22(23-7-8-26(40)30-32(23)57(17-37(43,44)45)54-35(30)55-64(4,61)62)31(51-21)27(13-18-11-19(41)14-20(42)12-18)52-28(58)16-56-34-29(33(53-56)39(48,49)50)24-15-25(24)38(34,46)47/h5-8,11-12,14,24-25,27H,13,15-17H2,1-4H3,(H2,52,54,55,58)/p-1/t24-,25+,27-/m0/s1. The van der Waals surface area contributed by atoms with Crippen molar-refractivity contribution in [2.75, 3.05) is 12.5 Å². The highest BCUT2D eigenvalue weighted by molar-refractivity contribution is 7.93. The van der Waals surface area contributed by atoms with E-state index in [1.165, 1.54) is 32.0 Å². The number of hydrogen-bond donors (Lipinski definition) is 1. The molecular weight excluding hydrogens is 936 g/mol. The topological polar surface area (TPSA) is 160 Å². The van der Waals surface area contributed by atoms with Crippen LogP contribution in [0.3, 0.4) is 0 Å². The Bertz CT molecular complexity index is 3030. The fourth-order valence-electron chi connectivity index (χ4n) is 7.48. The van der Waals surface area contributed by atoms with Crippen LogP contribution >= 0.6 is 11.6 Å². The third-order valence-corrected chi connectivity index (χ3v) is 13.3. The molecule has 3 atom stereocenters. The number of carbonyl (C=O) groups excluding carboxylic acids is 1. The molecule has 64 heavy (non-hydrogen) atoms. The Hall–Kier alpha value is -5.41. The van der Waals surface area contributed by atoms with E-state index < -0.39 is 131 Å². The van der Waals surface area contributed by atoms with Gasteiger partial charge in [0, 0.05) is 51.6 Å². The monoisotopic (exact) mass is 966 g/mol. The molecule has 1 saturated carbocycles. The highest BCUT2D eigenvalue weighted by Gasteiger charge is 2.68. The van der Waals surface area contributed by atoms with Crippen molar-refractivity contribution in [3.05, 3.63) is 97.7 Å². The summed E-state index contributed by atoms with van der Waals surface area (Å²) in [7, 11) is -8.19. The number of halogens is 11. The third kappa shape index (κ3) is 9.24. The number of nitrogens with zero attached hydrogens (tertiary/aromatic N) is 6. The zero-order valence-corrected chi connectivity index (χ0v) is 35.7. The molecule has 5 aromatic rings. The molecule has 0 spiro atoms. The van der Waals surface area contributed by atoms with Gasteiger partial charge in [-0.05, 0) is 80.2 Å². The molecule has 1 fully saturated rings. The van der Waals surface area contributed by atoms with Gasteiger partial charge in [0.05, 0.1) is 17.3 Å². The van der Waals surface area contributed by atoms with Crippen LogP contribution in [0.25, 0.3) is 26.8 Å². The number of sulfone groups is 1. The number of nitrogens with one attached hydrogen (secondary N) is 1. The number of amides is 1. The van der Waals surface area contributed by atoms with Gasteiger partial charge in [-0.1, -0.05) is 23.6 Å². The number of sulfonamides is 1. The fraction of sp³-hybridized carbons (Fsp3) is 0.385. The normalized spacial score (nSPS) is 17.7. The van der Waals surface area contributed by atoms with Crippen LogP contribution in [0.2, 0.25) is 5.02 Å². The van der Waals surface area contributed by atoms with Crippen LogP contribution in [0.5, 0.6) is 0 Å². The number of benzene rings is 2. The minimum Gasteiger partial charge on any atom is -0.373 e. The maximum absolute atomic E-state index is 15.5. The average molecular weight is 967 g/mol. The summed E-state index contributed by atoms with van der Waals surface area (Å²) in [4.78, 5) is 18.5. The van der Waals surface area contributed by atoms with Gasteiger partial charge in [0.15, 0.2) is 25.6 Å². The molecule has 0 radical (unpaired) electrons. The number of fused-ring (bicyclic) bond motifs is 4. The summed E-state index contributed by atoms with van der Waals surface area (Å²) < 4.78 is 197. The van der Waals surface area contributed by atoms with Crippen molar-refractivity contribution in [2.45, 2.75) is 74.8 Å². The van der Waals surface area contributed by atoms with Crippen molar-refractivity contribution in [3.8, 4) is 23.0 Å². The SMILES string of the molecule is CC(C)(C#Cc1ccc(-c2ccc(Cl)c3c([N-]S(C)(=O)=O)nn(CC(F)(F)F)c23)c([C@H](Cc2cc(F)cc(F)c2)NC(=O)Cn2nc(C(F)(F)F)c3c2C(F)(F)[C@@H]2C[C@H]32)n1)S(C)(=O)=O. The van der Waals surface area contributed by atoms with E-state index in [0.29, 0.717) is 17.0 Å². The molecule has 0 saturated heterocycles. The minimum absolute atomic E-state index is 0.200. The molecule has 2 aliphatic carbocycles. The fourth-order valence-corrected chi connectivity index (χ4v) is 8.39. The molecule has 2 aromatic carbocycles. The first kappa shape index (κ1) is 46.6. The van der Waals surface area contributed by atoms with Crippen LogP contribution in [0.4, 0.5) is 49.7 Å². The van der Waals surface area contributed by atoms with E-state index in [1.54, 1.807) is 0 Å². The van der Waals surface area contributed by atoms with E-state index >= 15 is 8.78 Å². The van der Waals surface area contributed by atoms with Gasteiger partial charge < -0.3 is 19.8 Å². The Kier molecular flexibility index (Phi) is 11.4. The van der Waals surface area contributed by atoms with Crippen LogP contribution in [-0.2, 0) is 56.3 Å². The number of hydrogen-bond acceptors (Lipinski definition) is 8. The highest BCUT2D eigenvalue weighted by Crippen LogP contribution is 2.68. The van der Waals surface area contributed by atoms with Gasteiger partial charge in [-0.25, -0.2) is 30.6 Å².